The molecule has 0 bridgehead atoms. The summed E-state index contributed by atoms with van der Waals surface area (Å²) in [5.74, 6) is -0.648. The molecule has 0 saturated carbocycles. The lowest BCUT2D eigenvalue weighted by atomic mass is 10.2. The van der Waals surface area contributed by atoms with Crippen molar-refractivity contribution in [2.45, 2.75) is 11.8 Å². The smallest absolute Gasteiger partial charge is 0.264 e. The molecule has 3 aromatic rings. The van der Waals surface area contributed by atoms with E-state index in [4.69, 9.17) is 34.8 Å². The van der Waals surface area contributed by atoms with Crippen LogP contribution in [0.3, 0.4) is 0 Å². The Balaban J connectivity index is 1.88. The third-order valence-electron chi connectivity index (χ3n) is 4.41. The van der Waals surface area contributed by atoms with Crippen LogP contribution in [-0.4, -0.2) is 27.1 Å². The van der Waals surface area contributed by atoms with Gasteiger partial charge < -0.3 is 0 Å². The highest BCUT2D eigenvalue weighted by Crippen LogP contribution is 2.29. The Hall–Kier alpha value is -2.58. The van der Waals surface area contributed by atoms with E-state index in [9.17, 15) is 13.2 Å². The molecule has 0 aliphatic carbocycles. The van der Waals surface area contributed by atoms with Gasteiger partial charge in [0.1, 0.15) is 6.54 Å². The maximum atomic E-state index is 13.3. The summed E-state index contributed by atoms with van der Waals surface area (Å²) in [6, 6.07) is 17.5. The fourth-order valence-electron chi connectivity index (χ4n) is 2.82. The summed E-state index contributed by atoms with van der Waals surface area (Å²) in [4.78, 5) is 12.7. The minimum absolute atomic E-state index is 0.0450. The lowest BCUT2D eigenvalue weighted by Crippen LogP contribution is -2.40. The molecule has 6 nitrogen and oxygen atoms in total. The Morgan fingerprint density at radius 2 is 1.66 bits per heavy atom. The molecule has 32 heavy (non-hydrogen) atoms. The number of hydrazone groups is 1. The molecule has 3 rings (SSSR count). The monoisotopic (exact) mass is 509 g/mol. The largest absolute Gasteiger partial charge is 0.271 e. The van der Waals surface area contributed by atoms with Crippen LogP contribution in [0, 0.1) is 6.92 Å². The average Bonchev–Trinajstić information content (AvgIpc) is 2.76. The van der Waals surface area contributed by atoms with E-state index in [1.165, 1.54) is 24.4 Å². The van der Waals surface area contributed by atoms with Gasteiger partial charge in [-0.1, -0.05) is 65.1 Å². The van der Waals surface area contributed by atoms with Crippen molar-refractivity contribution in [3.63, 3.8) is 0 Å². The number of anilines is 1. The van der Waals surface area contributed by atoms with Crippen molar-refractivity contribution >= 4 is 62.6 Å². The second kappa shape index (κ2) is 10.4. The van der Waals surface area contributed by atoms with Gasteiger partial charge in [0.15, 0.2) is 0 Å². The summed E-state index contributed by atoms with van der Waals surface area (Å²) in [6.45, 7) is 1.22. The van der Waals surface area contributed by atoms with Crippen LogP contribution in [0.25, 0.3) is 0 Å². The molecular weight excluding hydrogens is 493 g/mol. The number of nitrogens with zero attached hydrogens (tertiary/aromatic N) is 2. The van der Waals surface area contributed by atoms with Gasteiger partial charge in [0.2, 0.25) is 0 Å². The number of hydrogen-bond donors (Lipinski definition) is 1. The number of nitrogens with one attached hydrogen (secondary N) is 1. The number of sulfonamides is 1. The van der Waals surface area contributed by atoms with E-state index in [2.05, 4.69) is 10.5 Å². The first-order chi connectivity index (χ1) is 15.2. The first kappa shape index (κ1) is 24.1. The molecular formula is C22H18Cl3N3O3S. The van der Waals surface area contributed by atoms with Crippen molar-refractivity contribution in [1.82, 2.24) is 5.43 Å². The first-order valence-electron chi connectivity index (χ1n) is 9.29. The van der Waals surface area contributed by atoms with Crippen LogP contribution in [0.5, 0.6) is 0 Å². The maximum Gasteiger partial charge on any atom is 0.264 e. The predicted octanol–water partition coefficient (Wildman–Crippen LogP) is 5.30. The van der Waals surface area contributed by atoms with Gasteiger partial charge in [-0.25, -0.2) is 13.8 Å². The molecule has 166 valence electrons. The Morgan fingerprint density at radius 1 is 1.00 bits per heavy atom. The van der Waals surface area contributed by atoms with Crippen LogP contribution < -0.4 is 9.73 Å². The zero-order valence-corrected chi connectivity index (χ0v) is 19.9. The number of rotatable bonds is 7. The summed E-state index contributed by atoms with van der Waals surface area (Å²) in [6.07, 6.45) is 1.34. The van der Waals surface area contributed by atoms with E-state index >= 15 is 0 Å². The molecule has 0 atom stereocenters. The van der Waals surface area contributed by atoms with E-state index in [1.807, 2.05) is 0 Å². The number of hydrogen-bond acceptors (Lipinski definition) is 4. The molecule has 0 aliphatic heterocycles. The molecule has 0 spiro atoms. The van der Waals surface area contributed by atoms with Crippen molar-refractivity contribution in [3.8, 4) is 0 Å². The molecule has 10 heteroatoms. The van der Waals surface area contributed by atoms with Gasteiger partial charge in [-0.05, 0) is 48.9 Å². The summed E-state index contributed by atoms with van der Waals surface area (Å²) in [5, 5.41) is 5.04. The Morgan fingerprint density at radius 3 is 2.34 bits per heavy atom. The summed E-state index contributed by atoms with van der Waals surface area (Å²) in [7, 11) is -4.05. The minimum atomic E-state index is -4.05. The maximum absolute atomic E-state index is 13.3. The van der Waals surface area contributed by atoms with Gasteiger partial charge in [-0.15, -0.1) is 0 Å². The van der Waals surface area contributed by atoms with Crippen molar-refractivity contribution in [2.75, 3.05) is 10.8 Å². The fraction of sp³-hybridized carbons (Fsp3) is 0.0909. The van der Waals surface area contributed by atoms with Crippen molar-refractivity contribution < 1.29 is 13.2 Å². The molecule has 0 radical (unpaired) electrons. The number of aryl methyl sites for hydroxylation is 1. The molecule has 1 N–H and O–H groups in total. The van der Waals surface area contributed by atoms with Crippen LogP contribution in [-0.2, 0) is 14.8 Å². The molecule has 0 heterocycles. The topological polar surface area (TPSA) is 78.8 Å². The number of benzene rings is 3. The lowest BCUT2D eigenvalue weighted by molar-refractivity contribution is -0.119. The van der Waals surface area contributed by atoms with Crippen LogP contribution in [0.2, 0.25) is 15.1 Å². The van der Waals surface area contributed by atoms with E-state index < -0.39 is 22.5 Å². The number of carbonyl (C=O) groups excluding carboxylic acids is 1. The zero-order chi connectivity index (χ0) is 23.3. The Bertz CT molecular complexity index is 1270. The fourth-order valence-corrected chi connectivity index (χ4v) is 4.94. The van der Waals surface area contributed by atoms with Crippen LogP contribution >= 0.6 is 34.8 Å². The molecule has 0 saturated heterocycles. The highest BCUT2D eigenvalue weighted by molar-refractivity contribution is 7.92. The SMILES string of the molecule is Cc1ccc(Cl)cc1N(CC(=O)N/N=C\c1ccc(Cl)cc1Cl)S(=O)(=O)c1ccccc1. The molecule has 0 unspecified atom stereocenters. The Labute approximate surface area is 201 Å². The van der Waals surface area contributed by atoms with Crippen LogP contribution in [0.1, 0.15) is 11.1 Å². The molecule has 0 aliphatic rings. The molecule has 1 amide bonds. The predicted molar refractivity (Wildman–Crippen MR) is 129 cm³/mol. The van der Waals surface area contributed by atoms with Gasteiger partial charge in [-0.3, -0.25) is 9.10 Å². The third-order valence-corrected chi connectivity index (χ3v) is 6.99. The van der Waals surface area contributed by atoms with Gasteiger partial charge in [0.05, 0.1) is 21.8 Å². The molecule has 0 fully saturated rings. The van der Waals surface area contributed by atoms with E-state index in [0.717, 1.165) is 4.31 Å². The number of halogens is 3. The van der Waals surface area contributed by atoms with Crippen molar-refractivity contribution in [2.24, 2.45) is 5.10 Å². The molecule has 3 aromatic carbocycles. The molecule has 0 aromatic heterocycles. The summed E-state index contributed by atoms with van der Waals surface area (Å²) >= 11 is 18.0. The quantitative estimate of drug-likeness (QED) is 0.346. The Kier molecular flexibility index (Phi) is 7.79. The second-order valence-corrected chi connectivity index (χ2v) is 9.86. The second-order valence-electron chi connectivity index (χ2n) is 6.71. The number of carbonyl (C=O) groups is 1. The van der Waals surface area contributed by atoms with Gasteiger partial charge in [0, 0.05) is 15.6 Å². The van der Waals surface area contributed by atoms with Crippen molar-refractivity contribution in [1.29, 1.82) is 0 Å². The van der Waals surface area contributed by atoms with Crippen LogP contribution in [0.4, 0.5) is 5.69 Å². The normalized spacial score (nSPS) is 11.5. The van der Waals surface area contributed by atoms with E-state index in [0.29, 0.717) is 31.9 Å². The lowest BCUT2D eigenvalue weighted by Gasteiger charge is -2.25. The van der Waals surface area contributed by atoms with Gasteiger partial charge in [-0.2, -0.15) is 5.10 Å². The summed E-state index contributed by atoms with van der Waals surface area (Å²) in [5.41, 5.74) is 3.80. The summed E-state index contributed by atoms with van der Waals surface area (Å²) < 4.78 is 27.7. The highest BCUT2D eigenvalue weighted by Gasteiger charge is 2.28. The third kappa shape index (κ3) is 5.81. The van der Waals surface area contributed by atoms with E-state index in [1.54, 1.807) is 55.5 Å². The van der Waals surface area contributed by atoms with Crippen LogP contribution in [0.15, 0.2) is 76.7 Å². The van der Waals surface area contributed by atoms with Crippen molar-refractivity contribution in [3.05, 3.63) is 92.9 Å². The first-order valence-corrected chi connectivity index (χ1v) is 11.9. The van der Waals surface area contributed by atoms with Gasteiger partial charge >= 0.3 is 0 Å². The number of amides is 1. The minimum Gasteiger partial charge on any atom is -0.271 e. The van der Waals surface area contributed by atoms with E-state index in [-0.39, 0.29) is 4.90 Å². The van der Waals surface area contributed by atoms with Gasteiger partial charge in [0.25, 0.3) is 15.9 Å². The highest BCUT2D eigenvalue weighted by atomic mass is 35.5. The average molecular weight is 511 g/mol. The standard InChI is InChI=1S/C22H18Cl3N3O3S/c1-15-7-9-18(24)12-21(15)28(32(30,31)19-5-3-2-4-6-19)14-22(29)27-26-13-16-8-10-17(23)11-20(16)25/h2-13H,14H2,1H3,(H,27,29)/b26-13-. The zero-order valence-electron chi connectivity index (χ0n) is 16.8.